The molecule has 26 heavy (non-hydrogen) atoms. The van der Waals surface area contributed by atoms with Crippen LogP contribution < -0.4 is 0 Å². The van der Waals surface area contributed by atoms with E-state index in [9.17, 15) is 0 Å². The minimum Gasteiger partial charge on any atom is -0.303 e. The van der Waals surface area contributed by atoms with E-state index in [2.05, 4.69) is 41.0 Å². The minimum absolute atomic E-state index is 0.809. The van der Waals surface area contributed by atoms with Crippen molar-refractivity contribution in [1.82, 2.24) is 19.6 Å². The van der Waals surface area contributed by atoms with Crippen LogP contribution in [-0.4, -0.2) is 52.8 Å². The molecule has 3 rings (SSSR count). The third-order valence-electron chi connectivity index (χ3n) is 5.68. The quantitative estimate of drug-likeness (QED) is 0.737. The Morgan fingerprint density at radius 1 is 1.19 bits per heavy atom. The third-order valence-corrected chi connectivity index (χ3v) is 5.94. The van der Waals surface area contributed by atoms with Gasteiger partial charge in [-0.1, -0.05) is 23.7 Å². The van der Waals surface area contributed by atoms with Gasteiger partial charge in [-0.15, -0.1) is 0 Å². The van der Waals surface area contributed by atoms with E-state index < -0.39 is 0 Å². The van der Waals surface area contributed by atoms with E-state index in [1.807, 2.05) is 30.1 Å². The first-order valence-electron chi connectivity index (χ1n) is 9.64. The van der Waals surface area contributed by atoms with Crippen molar-refractivity contribution in [2.75, 3.05) is 33.2 Å². The van der Waals surface area contributed by atoms with Gasteiger partial charge in [-0.3, -0.25) is 4.68 Å². The summed E-state index contributed by atoms with van der Waals surface area (Å²) in [5, 5.41) is 5.17. The molecule has 0 radical (unpaired) electrons. The molecule has 142 valence electrons. The summed E-state index contributed by atoms with van der Waals surface area (Å²) in [5.41, 5.74) is 3.99. The first-order chi connectivity index (χ1) is 12.5. The molecule has 0 amide bonds. The molecule has 2 heterocycles. The highest BCUT2D eigenvalue weighted by Crippen LogP contribution is 2.20. The number of piperidine rings is 1. The van der Waals surface area contributed by atoms with Crippen molar-refractivity contribution in [3.63, 3.8) is 0 Å². The van der Waals surface area contributed by atoms with Crippen molar-refractivity contribution < 1.29 is 0 Å². The maximum absolute atomic E-state index is 5.96. The average Bonchev–Trinajstić information content (AvgIpc) is 2.94. The number of nitrogens with zero attached hydrogens (tertiary/aromatic N) is 4. The SMILES string of the molecule is Cc1c(CN(C)CC2CCN(CCc3ccc(Cl)cc3)CC2)cnn1C. The normalized spacial score (nSPS) is 16.5. The van der Waals surface area contributed by atoms with Gasteiger partial charge in [-0.2, -0.15) is 5.10 Å². The Balaban J connectivity index is 1.38. The molecule has 1 aromatic carbocycles. The van der Waals surface area contributed by atoms with Gasteiger partial charge in [-0.25, -0.2) is 0 Å². The number of rotatable bonds is 7. The van der Waals surface area contributed by atoms with Crippen LogP contribution in [0, 0.1) is 12.8 Å². The molecule has 0 atom stereocenters. The van der Waals surface area contributed by atoms with E-state index in [1.165, 1.54) is 49.3 Å². The number of benzene rings is 1. The van der Waals surface area contributed by atoms with Crippen LogP contribution in [0.5, 0.6) is 0 Å². The van der Waals surface area contributed by atoms with Gasteiger partial charge in [0.05, 0.1) is 6.20 Å². The monoisotopic (exact) mass is 374 g/mol. The highest BCUT2D eigenvalue weighted by Gasteiger charge is 2.20. The Hall–Kier alpha value is -1.36. The highest BCUT2D eigenvalue weighted by atomic mass is 35.5. The number of aromatic nitrogens is 2. The molecular formula is C21H31ClN4. The molecule has 1 aliphatic rings. The topological polar surface area (TPSA) is 24.3 Å². The molecule has 0 unspecified atom stereocenters. The summed E-state index contributed by atoms with van der Waals surface area (Å²) < 4.78 is 1.96. The lowest BCUT2D eigenvalue weighted by Crippen LogP contribution is -2.38. The summed E-state index contributed by atoms with van der Waals surface area (Å²) in [5.74, 6) is 0.809. The Kier molecular flexibility index (Phi) is 6.74. The summed E-state index contributed by atoms with van der Waals surface area (Å²) in [6.45, 7) is 7.92. The van der Waals surface area contributed by atoms with Gasteiger partial charge in [-0.05, 0) is 69.9 Å². The fraction of sp³-hybridized carbons (Fsp3) is 0.571. The van der Waals surface area contributed by atoms with Gasteiger partial charge in [0.25, 0.3) is 0 Å². The lowest BCUT2D eigenvalue weighted by Gasteiger charge is -2.34. The summed E-state index contributed by atoms with van der Waals surface area (Å²) in [4.78, 5) is 5.06. The second-order valence-electron chi connectivity index (χ2n) is 7.74. The molecule has 0 aliphatic carbocycles. The fourth-order valence-electron chi connectivity index (χ4n) is 3.83. The number of aryl methyl sites for hydroxylation is 1. The van der Waals surface area contributed by atoms with Crippen LogP contribution in [0.15, 0.2) is 30.5 Å². The maximum atomic E-state index is 5.96. The van der Waals surface area contributed by atoms with Gasteiger partial charge >= 0.3 is 0 Å². The van der Waals surface area contributed by atoms with Crippen LogP contribution in [-0.2, 0) is 20.0 Å². The van der Waals surface area contributed by atoms with Gasteiger partial charge in [0.1, 0.15) is 0 Å². The second kappa shape index (κ2) is 9.03. The predicted octanol–water partition coefficient (Wildman–Crippen LogP) is 3.77. The molecule has 0 N–H and O–H groups in total. The predicted molar refractivity (Wildman–Crippen MR) is 109 cm³/mol. The zero-order chi connectivity index (χ0) is 18.5. The van der Waals surface area contributed by atoms with Crippen LogP contribution in [0.3, 0.4) is 0 Å². The third kappa shape index (κ3) is 5.32. The summed E-state index contributed by atoms with van der Waals surface area (Å²) in [6.07, 6.45) is 5.72. The molecule has 0 spiro atoms. The van der Waals surface area contributed by atoms with Crippen LogP contribution in [0.1, 0.15) is 29.7 Å². The minimum atomic E-state index is 0.809. The average molecular weight is 375 g/mol. The van der Waals surface area contributed by atoms with Crippen LogP contribution in [0.4, 0.5) is 0 Å². The number of likely N-dealkylation sites (tertiary alicyclic amines) is 1. The smallest absolute Gasteiger partial charge is 0.0537 e. The van der Waals surface area contributed by atoms with Crippen LogP contribution in [0.2, 0.25) is 5.02 Å². The first kappa shape index (κ1) is 19.4. The number of hydrogen-bond acceptors (Lipinski definition) is 3. The van der Waals surface area contributed by atoms with Crippen molar-refractivity contribution in [2.45, 2.75) is 32.7 Å². The zero-order valence-electron chi connectivity index (χ0n) is 16.3. The van der Waals surface area contributed by atoms with Gasteiger partial charge in [0.15, 0.2) is 0 Å². The van der Waals surface area contributed by atoms with E-state index in [-0.39, 0.29) is 0 Å². The lowest BCUT2D eigenvalue weighted by atomic mass is 9.96. The standard InChI is InChI=1S/C21H31ClN4/c1-17-20(14-23-25(17)3)16-24(2)15-19-9-12-26(13-10-19)11-8-18-4-6-21(22)7-5-18/h4-7,14,19H,8-13,15-16H2,1-3H3. The zero-order valence-corrected chi connectivity index (χ0v) is 17.0. The van der Waals surface area contributed by atoms with E-state index in [0.29, 0.717) is 0 Å². The Labute approximate surface area is 162 Å². The Morgan fingerprint density at radius 2 is 1.88 bits per heavy atom. The molecule has 4 nitrogen and oxygen atoms in total. The van der Waals surface area contributed by atoms with Gasteiger partial charge in [0.2, 0.25) is 0 Å². The molecule has 1 saturated heterocycles. The Morgan fingerprint density at radius 3 is 2.50 bits per heavy atom. The number of halogens is 1. The molecule has 1 aliphatic heterocycles. The number of hydrogen-bond donors (Lipinski definition) is 0. The van der Waals surface area contributed by atoms with Crippen molar-refractivity contribution >= 4 is 11.6 Å². The largest absolute Gasteiger partial charge is 0.303 e. The van der Waals surface area contributed by atoms with E-state index in [1.54, 1.807) is 0 Å². The van der Waals surface area contributed by atoms with Crippen LogP contribution >= 0.6 is 11.6 Å². The molecular weight excluding hydrogens is 344 g/mol. The lowest BCUT2D eigenvalue weighted by molar-refractivity contribution is 0.153. The van der Waals surface area contributed by atoms with E-state index >= 15 is 0 Å². The van der Waals surface area contributed by atoms with Crippen molar-refractivity contribution in [3.05, 3.63) is 52.3 Å². The Bertz CT molecular complexity index is 687. The van der Waals surface area contributed by atoms with Crippen LogP contribution in [0.25, 0.3) is 0 Å². The molecule has 1 aromatic heterocycles. The van der Waals surface area contributed by atoms with Gasteiger partial charge in [0, 0.05) is 43.0 Å². The van der Waals surface area contributed by atoms with Gasteiger partial charge < -0.3 is 9.80 Å². The van der Waals surface area contributed by atoms with Crippen molar-refractivity contribution in [1.29, 1.82) is 0 Å². The highest BCUT2D eigenvalue weighted by molar-refractivity contribution is 6.30. The summed E-state index contributed by atoms with van der Waals surface area (Å²) in [6, 6.07) is 8.26. The molecule has 5 heteroatoms. The second-order valence-corrected chi connectivity index (χ2v) is 8.17. The van der Waals surface area contributed by atoms with Crippen molar-refractivity contribution in [3.8, 4) is 0 Å². The summed E-state index contributed by atoms with van der Waals surface area (Å²) >= 11 is 5.96. The molecule has 0 bridgehead atoms. The molecule has 1 fully saturated rings. The fourth-order valence-corrected chi connectivity index (χ4v) is 3.95. The maximum Gasteiger partial charge on any atom is 0.0537 e. The summed E-state index contributed by atoms with van der Waals surface area (Å²) in [7, 11) is 4.25. The van der Waals surface area contributed by atoms with E-state index in [0.717, 1.165) is 30.5 Å². The molecule has 0 saturated carbocycles. The van der Waals surface area contributed by atoms with Crippen molar-refractivity contribution in [2.24, 2.45) is 13.0 Å². The van der Waals surface area contributed by atoms with E-state index in [4.69, 9.17) is 11.6 Å². The molecule has 2 aromatic rings. The first-order valence-corrected chi connectivity index (χ1v) is 10.0.